The van der Waals surface area contributed by atoms with Gasteiger partial charge in [-0.05, 0) is 60.5 Å². The lowest BCUT2D eigenvalue weighted by Crippen LogP contribution is -2.31. The van der Waals surface area contributed by atoms with Crippen molar-refractivity contribution in [1.29, 1.82) is 0 Å². The number of fused-ring (bicyclic) bond motifs is 1. The fourth-order valence-corrected chi connectivity index (χ4v) is 5.65. The summed E-state index contributed by atoms with van der Waals surface area (Å²) in [6.07, 6.45) is 4.19. The molecule has 2 aromatic carbocycles. The number of carboxylic acid groups (broad SMARTS) is 1. The summed E-state index contributed by atoms with van der Waals surface area (Å²) in [4.78, 5) is 25.0. The predicted molar refractivity (Wildman–Crippen MR) is 176 cm³/mol. The summed E-state index contributed by atoms with van der Waals surface area (Å²) in [5.74, 6) is 4.24. The van der Waals surface area contributed by atoms with Crippen molar-refractivity contribution in [3.05, 3.63) is 124 Å². The molecule has 49 heavy (non-hydrogen) atoms. The molecule has 7 rings (SSSR count). The van der Waals surface area contributed by atoms with Gasteiger partial charge in [-0.3, -0.25) is 4.68 Å². The number of pyridine rings is 2. The molecule has 5 heterocycles. The van der Waals surface area contributed by atoms with E-state index in [0.717, 1.165) is 24.1 Å². The van der Waals surface area contributed by atoms with Crippen LogP contribution in [0.3, 0.4) is 0 Å². The largest absolute Gasteiger partial charge is 0.478 e. The molecule has 13 heteroatoms. The molecule has 0 aliphatic carbocycles. The Morgan fingerprint density at radius 3 is 2.67 bits per heavy atom. The Hall–Kier alpha value is -5.64. The number of ether oxygens (including phenoxy) is 2. The van der Waals surface area contributed by atoms with E-state index in [2.05, 4.69) is 31.9 Å². The van der Waals surface area contributed by atoms with Crippen LogP contribution in [0.15, 0.2) is 73.1 Å². The standard InChI is InChI=1S/C36H27ClF2N6O4/c1-44-18-21(17-40-44)5-6-22-7-9-25(41-35(22)37)20-49-34-4-2-3-30(43-34)27-16-28(38)24(13-29(27)39)15-33-42-31-10-8-23(36(46)47)14-32(31)45(33)19-26-11-12-48-26/h2-4,7-10,13-14,16-18,26H,11-12,15,19-20H2,1H3,(H,46,47). The summed E-state index contributed by atoms with van der Waals surface area (Å²) in [6.45, 7) is 1.08. The minimum absolute atomic E-state index is 0.0210. The van der Waals surface area contributed by atoms with Gasteiger partial charge in [-0.1, -0.05) is 29.5 Å². The first-order valence-corrected chi connectivity index (χ1v) is 15.7. The maximum atomic E-state index is 15.6. The molecular formula is C36H27ClF2N6O4. The quantitative estimate of drug-likeness (QED) is 0.141. The maximum absolute atomic E-state index is 15.6. The number of halogens is 3. The van der Waals surface area contributed by atoms with Crippen LogP contribution >= 0.6 is 11.6 Å². The van der Waals surface area contributed by atoms with Crippen LogP contribution in [-0.2, 0) is 31.4 Å². The number of aromatic nitrogens is 6. The summed E-state index contributed by atoms with van der Waals surface area (Å²) in [6, 6.07) is 15.1. The molecule has 1 atom stereocenters. The highest BCUT2D eigenvalue weighted by Crippen LogP contribution is 2.29. The van der Waals surface area contributed by atoms with Crippen LogP contribution in [0.1, 0.15) is 45.0 Å². The monoisotopic (exact) mass is 680 g/mol. The van der Waals surface area contributed by atoms with Crippen molar-refractivity contribution in [2.75, 3.05) is 6.61 Å². The summed E-state index contributed by atoms with van der Waals surface area (Å²) in [5, 5.41) is 13.8. The van der Waals surface area contributed by atoms with Crippen molar-refractivity contribution in [3.8, 4) is 29.0 Å². The molecule has 246 valence electrons. The number of aromatic carboxylic acids is 1. The highest BCUT2D eigenvalue weighted by Gasteiger charge is 2.24. The lowest BCUT2D eigenvalue weighted by Gasteiger charge is -2.27. The number of aryl methyl sites for hydroxylation is 1. The Balaban J connectivity index is 1.08. The Morgan fingerprint density at radius 1 is 1.08 bits per heavy atom. The van der Waals surface area contributed by atoms with Crippen molar-refractivity contribution in [3.63, 3.8) is 0 Å². The van der Waals surface area contributed by atoms with Crippen LogP contribution in [0, 0.1) is 23.5 Å². The smallest absolute Gasteiger partial charge is 0.335 e. The second-order valence-corrected chi connectivity index (χ2v) is 11.8. The Morgan fingerprint density at radius 2 is 1.94 bits per heavy atom. The zero-order valence-electron chi connectivity index (χ0n) is 26.0. The number of carboxylic acids is 1. The van der Waals surface area contributed by atoms with Gasteiger partial charge in [0.25, 0.3) is 0 Å². The third-order valence-electron chi connectivity index (χ3n) is 8.06. The first-order chi connectivity index (χ1) is 23.7. The topological polar surface area (TPSA) is 117 Å². The lowest BCUT2D eigenvalue weighted by molar-refractivity contribution is -0.0589. The van der Waals surface area contributed by atoms with E-state index in [-0.39, 0.29) is 52.5 Å². The molecule has 6 aromatic rings. The predicted octanol–water partition coefficient (Wildman–Crippen LogP) is 6.22. The first-order valence-electron chi connectivity index (χ1n) is 15.3. The van der Waals surface area contributed by atoms with Crippen LogP contribution in [0.25, 0.3) is 22.3 Å². The lowest BCUT2D eigenvalue weighted by atomic mass is 10.0. The van der Waals surface area contributed by atoms with Crippen molar-refractivity contribution in [1.82, 2.24) is 29.3 Å². The number of hydrogen-bond acceptors (Lipinski definition) is 7. The van der Waals surface area contributed by atoms with Gasteiger partial charge < -0.3 is 19.1 Å². The molecular weight excluding hydrogens is 654 g/mol. The molecule has 1 fully saturated rings. The molecule has 1 unspecified atom stereocenters. The maximum Gasteiger partial charge on any atom is 0.335 e. The molecule has 0 bridgehead atoms. The van der Waals surface area contributed by atoms with Gasteiger partial charge in [0.05, 0.1) is 58.0 Å². The van der Waals surface area contributed by atoms with E-state index >= 15 is 8.78 Å². The summed E-state index contributed by atoms with van der Waals surface area (Å²) >= 11 is 6.35. The molecule has 10 nitrogen and oxygen atoms in total. The van der Waals surface area contributed by atoms with Gasteiger partial charge >= 0.3 is 5.97 Å². The SMILES string of the molecule is Cn1cc(C#Cc2ccc(COc3cccc(-c4cc(F)c(Cc5nc6ccc(C(=O)O)cc6n5CC5CCO5)cc4F)n3)nc2Cl)cn1. The van der Waals surface area contributed by atoms with Crippen molar-refractivity contribution < 1.29 is 28.2 Å². The highest BCUT2D eigenvalue weighted by molar-refractivity contribution is 6.30. The molecule has 0 spiro atoms. The summed E-state index contributed by atoms with van der Waals surface area (Å²) < 4.78 is 46.1. The molecule has 0 amide bonds. The number of imidazole rings is 1. The second kappa shape index (κ2) is 13.5. The average Bonchev–Trinajstić information content (AvgIpc) is 3.64. The van der Waals surface area contributed by atoms with E-state index in [0.29, 0.717) is 41.3 Å². The fourth-order valence-electron chi connectivity index (χ4n) is 5.43. The van der Waals surface area contributed by atoms with Crippen LogP contribution < -0.4 is 4.74 Å². The zero-order chi connectivity index (χ0) is 34.1. The van der Waals surface area contributed by atoms with Gasteiger partial charge in [-0.25, -0.2) is 28.5 Å². The highest BCUT2D eigenvalue weighted by atomic mass is 35.5. The van der Waals surface area contributed by atoms with Gasteiger partial charge in [0, 0.05) is 37.9 Å². The molecule has 1 saturated heterocycles. The van der Waals surface area contributed by atoms with Gasteiger partial charge in [0.1, 0.15) is 29.2 Å². The number of rotatable bonds is 9. The third kappa shape index (κ3) is 6.99. The van der Waals surface area contributed by atoms with Crippen molar-refractivity contribution in [2.45, 2.75) is 32.1 Å². The van der Waals surface area contributed by atoms with E-state index in [9.17, 15) is 9.90 Å². The molecule has 1 N–H and O–H groups in total. The number of hydrogen-bond donors (Lipinski definition) is 1. The van der Waals surface area contributed by atoms with Crippen LogP contribution in [0.4, 0.5) is 8.78 Å². The van der Waals surface area contributed by atoms with Gasteiger partial charge in [0.2, 0.25) is 5.88 Å². The zero-order valence-corrected chi connectivity index (χ0v) is 26.8. The van der Waals surface area contributed by atoms with Crippen molar-refractivity contribution in [2.24, 2.45) is 7.05 Å². The van der Waals surface area contributed by atoms with Crippen LogP contribution in [0.5, 0.6) is 5.88 Å². The van der Waals surface area contributed by atoms with E-state index < -0.39 is 17.6 Å². The minimum Gasteiger partial charge on any atom is -0.478 e. The molecule has 0 saturated carbocycles. The Bertz CT molecular complexity index is 2290. The number of carbonyl (C=O) groups is 1. The average molecular weight is 681 g/mol. The fraction of sp³-hybridized carbons (Fsp3) is 0.194. The Labute approximate surface area is 283 Å². The van der Waals surface area contributed by atoms with Gasteiger partial charge in [-0.2, -0.15) is 5.10 Å². The van der Waals surface area contributed by atoms with E-state index in [1.807, 2.05) is 4.57 Å². The van der Waals surface area contributed by atoms with E-state index in [4.69, 9.17) is 21.1 Å². The Kier molecular flexibility index (Phi) is 8.78. The number of nitrogens with zero attached hydrogens (tertiary/aromatic N) is 6. The van der Waals surface area contributed by atoms with E-state index in [1.165, 1.54) is 12.1 Å². The normalized spacial score (nSPS) is 13.9. The molecule has 1 aliphatic rings. The van der Waals surface area contributed by atoms with Crippen LogP contribution in [0.2, 0.25) is 5.15 Å². The molecule has 1 aliphatic heterocycles. The van der Waals surface area contributed by atoms with Gasteiger partial charge in [-0.15, -0.1) is 0 Å². The minimum atomic E-state index is -1.07. The van der Waals surface area contributed by atoms with E-state index in [1.54, 1.807) is 60.5 Å². The first kappa shape index (κ1) is 31.9. The third-order valence-corrected chi connectivity index (χ3v) is 8.35. The van der Waals surface area contributed by atoms with Crippen LogP contribution in [-0.4, -0.2) is 53.1 Å². The van der Waals surface area contributed by atoms with Crippen molar-refractivity contribution >= 4 is 28.6 Å². The van der Waals surface area contributed by atoms with Gasteiger partial charge in [0.15, 0.2) is 0 Å². The summed E-state index contributed by atoms with van der Waals surface area (Å²) in [5.41, 5.74) is 3.32. The molecule has 0 radical (unpaired) electrons. The summed E-state index contributed by atoms with van der Waals surface area (Å²) in [7, 11) is 1.81. The molecule has 4 aromatic heterocycles. The second-order valence-electron chi connectivity index (χ2n) is 11.5. The number of benzene rings is 2.